The van der Waals surface area contributed by atoms with Crippen molar-refractivity contribution < 1.29 is 9.90 Å². The average Bonchev–Trinajstić information content (AvgIpc) is 2.80. The maximum absolute atomic E-state index is 12.9. The molecular weight excluding hydrogens is 278 g/mol. The van der Waals surface area contributed by atoms with E-state index in [1.807, 2.05) is 47.7 Å². The van der Waals surface area contributed by atoms with Crippen LogP contribution in [0.1, 0.15) is 39.3 Å². The van der Waals surface area contributed by atoms with Gasteiger partial charge in [-0.1, -0.05) is 12.1 Å². The van der Waals surface area contributed by atoms with Gasteiger partial charge in [-0.2, -0.15) is 5.10 Å². The summed E-state index contributed by atoms with van der Waals surface area (Å²) >= 11 is 0. The molecule has 116 valence electrons. The molecule has 2 heterocycles. The van der Waals surface area contributed by atoms with Crippen molar-refractivity contribution in [3.63, 3.8) is 0 Å². The molecule has 1 N–H and O–H groups in total. The fourth-order valence-electron chi connectivity index (χ4n) is 2.93. The Hall–Kier alpha value is -2.14. The second kappa shape index (κ2) is 5.93. The van der Waals surface area contributed by atoms with Gasteiger partial charge < -0.3 is 10.0 Å². The number of nitrogens with zero attached hydrogens (tertiary/aromatic N) is 3. The Bertz CT molecular complexity index is 706. The number of aliphatic hydroxyl groups is 1. The van der Waals surface area contributed by atoms with E-state index in [1.165, 1.54) is 0 Å². The molecule has 0 spiro atoms. The number of hydrogen-bond acceptors (Lipinski definition) is 3. The summed E-state index contributed by atoms with van der Waals surface area (Å²) in [6.07, 6.45) is 0.871. The molecule has 0 atom stereocenters. The predicted molar refractivity (Wildman–Crippen MR) is 83.4 cm³/mol. The largest absolute Gasteiger partial charge is 0.390 e. The molecule has 0 bridgehead atoms. The van der Waals surface area contributed by atoms with Gasteiger partial charge in [0.25, 0.3) is 5.91 Å². The maximum atomic E-state index is 12.9. The summed E-state index contributed by atoms with van der Waals surface area (Å²) < 4.78 is 1.90. The van der Waals surface area contributed by atoms with E-state index < -0.39 is 0 Å². The predicted octanol–water partition coefficient (Wildman–Crippen LogP) is 2.04. The van der Waals surface area contributed by atoms with Crippen LogP contribution in [-0.2, 0) is 19.7 Å². The van der Waals surface area contributed by atoms with Crippen molar-refractivity contribution in [2.24, 2.45) is 0 Å². The lowest BCUT2D eigenvalue weighted by atomic mass is 10.0. The van der Waals surface area contributed by atoms with Crippen LogP contribution in [0.4, 0.5) is 0 Å². The van der Waals surface area contributed by atoms with Crippen molar-refractivity contribution >= 4 is 5.91 Å². The lowest BCUT2D eigenvalue weighted by Gasteiger charge is -2.21. The van der Waals surface area contributed by atoms with E-state index in [0.29, 0.717) is 12.2 Å². The summed E-state index contributed by atoms with van der Waals surface area (Å²) in [7, 11) is 0. The van der Waals surface area contributed by atoms with Gasteiger partial charge in [0.1, 0.15) is 0 Å². The van der Waals surface area contributed by atoms with Crippen molar-refractivity contribution in [1.82, 2.24) is 14.7 Å². The molecule has 0 saturated heterocycles. The number of carbonyl (C=O) groups is 1. The van der Waals surface area contributed by atoms with Crippen molar-refractivity contribution in [2.75, 3.05) is 6.54 Å². The molecule has 0 unspecified atom stereocenters. The first kappa shape index (κ1) is 14.8. The zero-order valence-corrected chi connectivity index (χ0v) is 13.0. The van der Waals surface area contributed by atoms with E-state index in [-0.39, 0.29) is 12.5 Å². The summed E-state index contributed by atoms with van der Waals surface area (Å²) in [5.74, 6) is 0.0707. The minimum absolute atomic E-state index is 0.0645. The molecule has 1 amide bonds. The standard InChI is InChI=1S/C17H21N3O2/c1-12-5-3-6-16(13(12)2)17(22)19-7-4-8-20-15(10-19)9-14(11-21)18-20/h3,5-6,9,21H,4,7-8,10-11H2,1-2H3. The second-order valence-corrected chi connectivity index (χ2v) is 5.84. The quantitative estimate of drug-likeness (QED) is 0.923. The molecule has 0 fully saturated rings. The summed E-state index contributed by atoms with van der Waals surface area (Å²) in [5.41, 5.74) is 4.60. The zero-order valence-electron chi connectivity index (χ0n) is 13.0. The van der Waals surface area contributed by atoms with Gasteiger partial charge in [0, 0.05) is 18.7 Å². The summed E-state index contributed by atoms with van der Waals surface area (Å²) in [5, 5.41) is 13.6. The molecule has 0 aliphatic carbocycles. The van der Waals surface area contributed by atoms with Gasteiger partial charge in [-0.05, 0) is 43.5 Å². The number of aliphatic hydroxyl groups excluding tert-OH is 1. The number of aryl methyl sites for hydroxylation is 2. The van der Waals surface area contributed by atoms with Gasteiger partial charge in [0.05, 0.1) is 24.5 Å². The number of hydrogen-bond donors (Lipinski definition) is 1. The highest BCUT2D eigenvalue weighted by atomic mass is 16.3. The molecule has 22 heavy (non-hydrogen) atoms. The highest BCUT2D eigenvalue weighted by Crippen LogP contribution is 2.19. The Morgan fingerprint density at radius 2 is 2.14 bits per heavy atom. The smallest absolute Gasteiger partial charge is 0.254 e. The van der Waals surface area contributed by atoms with Crippen LogP contribution >= 0.6 is 0 Å². The van der Waals surface area contributed by atoms with Gasteiger partial charge in [0.15, 0.2) is 0 Å². The van der Waals surface area contributed by atoms with Crippen molar-refractivity contribution in [3.05, 3.63) is 52.3 Å². The van der Waals surface area contributed by atoms with E-state index in [2.05, 4.69) is 5.10 Å². The van der Waals surface area contributed by atoms with Gasteiger partial charge in [-0.15, -0.1) is 0 Å². The lowest BCUT2D eigenvalue weighted by Crippen LogP contribution is -2.31. The molecule has 2 aromatic rings. The van der Waals surface area contributed by atoms with Gasteiger partial charge >= 0.3 is 0 Å². The van der Waals surface area contributed by atoms with Crippen molar-refractivity contribution in [1.29, 1.82) is 0 Å². The third-order valence-corrected chi connectivity index (χ3v) is 4.35. The van der Waals surface area contributed by atoms with Crippen molar-refractivity contribution in [3.8, 4) is 0 Å². The highest BCUT2D eigenvalue weighted by molar-refractivity contribution is 5.95. The molecule has 5 heteroatoms. The fraction of sp³-hybridized carbons (Fsp3) is 0.412. The molecule has 1 aliphatic heterocycles. The van der Waals surface area contributed by atoms with Crippen molar-refractivity contribution in [2.45, 2.75) is 40.0 Å². The molecule has 1 aromatic heterocycles. The minimum Gasteiger partial charge on any atom is -0.390 e. The van der Waals surface area contributed by atoms with Crippen LogP contribution in [0.2, 0.25) is 0 Å². The Labute approximate surface area is 130 Å². The number of carbonyl (C=O) groups excluding carboxylic acids is 1. The van der Waals surface area contributed by atoms with Gasteiger partial charge in [-0.25, -0.2) is 0 Å². The summed E-state index contributed by atoms with van der Waals surface area (Å²) in [6.45, 7) is 6.01. The lowest BCUT2D eigenvalue weighted by molar-refractivity contribution is 0.0745. The zero-order chi connectivity index (χ0) is 15.7. The van der Waals surface area contributed by atoms with Gasteiger partial charge in [-0.3, -0.25) is 9.48 Å². The van der Waals surface area contributed by atoms with E-state index in [9.17, 15) is 9.90 Å². The second-order valence-electron chi connectivity index (χ2n) is 5.84. The molecule has 0 saturated carbocycles. The number of benzene rings is 1. The molecular formula is C17H21N3O2. The number of fused-ring (bicyclic) bond motifs is 1. The Morgan fingerprint density at radius 1 is 1.32 bits per heavy atom. The Balaban J connectivity index is 1.88. The highest BCUT2D eigenvalue weighted by Gasteiger charge is 2.22. The molecule has 3 rings (SSSR count). The Morgan fingerprint density at radius 3 is 2.91 bits per heavy atom. The van der Waals surface area contributed by atoms with Crippen LogP contribution in [0, 0.1) is 13.8 Å². The summed E-state index contributed by atoms with van der Waals surface area (Å²) in [6, 6.07) is 7.74. The van der Waals surface area contributed by atoms with E-state index in [4.69, 9.17) is 0 Å². The molecule has 5 nitrogen and oxygen atoms in total. The average molecular weight is 299 g/mol. The van der Waals surface area contributed by atoms with Gasteiger partial charge in [0.2, 0.25) is 0 Å². The van der Waals surface area contributed by atoms with E-state index in [0.717, 1.165) is 41.9 Å². The molecule has 1 aliphatic rings. The number of amides is 1. The maximum Gasteiger partial charge on any atom is 0.254 e. The van der Waals surface area contributed by atoms with E-state index in [1.54, 1.807) is 0 Å². The monoisotopic (exact) mass is 299 g/mol. The summed E-state index contributed by atoms with van der Waals surface area (Å²) in [4.78, 5) is 14.7. The normalized spacial score (nSPS) is 14.6. The topological polar surface area (TPSA) is 58.4 Å². The first-order valence-electron chi connectivity index (χ1n) is 7.62. The SMILES string of the molecule is Cc1cccc(C(=O)N2CCCn3nc(CO)cc3C2)c1C. The number of aromatic nitrogens is 2. The van der Waals surface area contributed by atoms with Crippen LogP contribution in [0.5, 0.6) is 0 Å². The molecule has 1 aromatic carbocycles. The van der Waals surface area contributed by atoms with E-state index >= 15 is 0 Å². The van der Waals surface area contributed by atoms with Crippen LogP contribution < -0.4 is 0 Å². The first-order valence-corrected chi connectivity index (χ1v) is 7.62. The third-order valence-electron chi connectivity index (χ3n) is 4.35. The van der Waals surface area contributed by atoms with Crippen LogP contribution in [0.15, 0.2) is 24.3 Å². The Kier molecular flexibility index (Phi) is 3.98. The first-order chi connectivity index (χ1) is 10.6. The fourth-order valence-corrected chi connectivity index (χ4v) is 2.93. The number of rotatable bonds is 2. The minimum atomic E-state index is -0.0645. The van der Waals surface area contributed by atoms with Crippen LogP contribution in [0.3, 0.4) is 0 Å². The molecule has 0 radical (unpaired) electrons. The van der Waals surface area contributed by atoms with Crippen LogP contribution in [0.25, 0.3) is 0 Å². The van der Waals surface area contributed by atoms with Crippen LogP contribution in [-0.4, -0.2) is 32.2 Å². The third kappa shape index (κ3) is 2.64.